The number of ether oxygens (including phenoxy) is 1. The molecular formula is C12H14O2. The molecule has 0 N–H and O–H groups in total. The minimum absolute atomic E-state index is 0.0569. The summed E-state index contributed by atoms with van der Waals surface area (Å²) in [7, 11) is 0. The number of hydrogen-bond donors (Lipinski definition) is 0. The summed E-state index contributed by atoms with van der Waals surface area (Å²) in [4.78, 5) is 11.2. The van der Waals surface area contributed by atoms with E-state index < -0.39 is 0 Å². The minimum atomic E-state index is -0.0717. The van der Waals surface area contributed by atoms with Crippen molar-refractivity contribution in [1.29, 1.82) is 0 Å². The lowest BCUT2D eigenvalue weighted by atomic mass is 9.89. The van der Waals surface area contributed by atoms with Crippen LogP contribution in [0.3, 0.4) is 0 Å². The van der Waals surface area contributed by atoms with Crippen molar-refractivity contribution in [3.8, 4) is 0 Å². The molecule has 2 atom stereocenters. The summed E-state index contributed by atoms with van der Waals surface area (Å²) in [6.45, 7) is 1.95. The molecule has 0 unspecified atom stereocenters. The summed E-state index contributed by atoms with van der Waals surface area (Å²) >= 11 is 0. The molecule has 1 aliphatic heterocycles. The first-order valence-corrected chi connectivity index (χ1v) is 5.00. The van der Waals surface area contributed by atoms with Gasteiger partial charge in [-0.1, -0.05) is 30.3 Å². The molecule has 1 aromatic carbocycles. The van der Waals surface area contributed by atoms with Gasteiger partial charge in [0.15, 0.2) is 0 Å². The van der Waals surface area contributed by atoms with E-state index >= 15 is 0 Å². The van der Waals surface area contributed by atoms with Crippen LogP contribution >= 0.6 is 0 Å². The fourth-order valence-corrected chi connectivity index (χ4v) is 1.98. The summed E-state index contributed by atoms with van der Waals surface area (Å²) in [6.07, 6.45) is 1.52. The van der Waals surface area contributed by atoms with E-state index in [1.807, 2.05) is 25.1 Å². The maximum absolute atomic E-state index is 11.2. The summed E-state index contributed by atoms with van der Waals surface area (Å²) in [5, 5.41) is 0. The van der Waals surface area contributed by atoms with Gasteiger partial charge < -0.3 is 4.74 Å². The molecule has 2 heteroatoms. The van der Waals surface area contributed by atoms with Crippen molar-refractivity contribution in [2.75, 3.05) is 0 Å². The molecule has 1 fully saturated rings. The topological polar surface area (TPSA) is 26.3 Å². The molecule has 0 amide bonds. The number of rotatable bonds is 1. The highest BCUT2D eigenvalue weighted by Gasteiger charge is 2.26. The van der Waals surface area contributed by atoms with E-state index in [0.717, 1.165) is 6.42 Å². The summed E-state index contributed by atoms with van der Waals surface area (Å²) < 4.78 is 5.10. The van der Waals surface area contributed by atoms with Gasteiger partial charge in [0, 0.05) is 0 Å². The molecule has 2 nitrogen and oxygen atoms in total. The van der Waals surface area contributed by atoms with Crippen molar-refractivity contribution in [2.24, 2.45) is 0 Å². The number of hydrogen-bond acceptors (Lipinski definition) is 2. The second kappa shape index (κ2) is 3.82. The van der Waals surface area contributed by atoms with E-state index in [1.54, 1.807) is 0 Å². The second-order valence-electron chi connectivity index (χ2n) is 3.85. The Labute approximate surface area is 83.9 Å². The van der Waals surface area contributed by atoms with E-state index in [0.29, 0.717) is 12.3 Å². The average molecular weight is 190 g/mol. The molecule has 0 aliphatic carbocycles. The molecule has 1 heterocycles. The first kappa shape index (κ1) is 9.25. The third kappa shape index (κ3) is 1.95. The monoisotopic (exact) mass is 190 g/mol. The highest BCUT2D eigenvalue weighted by molar-refractivity contribution is 5.71. The molecule has 1 aromatic rings. The van der Waals surface area contributed by atoms with Crippen LogP contribution in [0.2, 0.25) is 0 Å². The summed E-state index contributed by atoms with van der Waals surface area (Å²) in [6, 6.07) is 10.2. The maximum Gasteiger partial charge on any atom is 0.306 e. The van der Waals surface area contributed by atoms with Crippen LogP contribution in [-0.2, 0) is 9.53 Å². The SMILES string of the molecule is C[C@H]1C[C@@H](c2ccccc2)CC(=O)O1. The summed E-state index contributed by atoms with van der Waals surface area (Å²) in [5.74, 6) is 0.269. The second-order valence-corrected chi connectivity index (χ2v) is 3.85. The molecule has 74 valence electrons. The fraction of sp³-hybridized carbons (Fsp3) is 0.417. The van der Waals surface area contributed by atoms with E-state index in [1.165, 1.54) is 5.56 Å². The number of carbonyl (C=O) groups excluding carboxylic acids is 1. The Kier molecular flexibility index (Phi) is 2.53. The Hall–Kier alpha value is -1.31. The van der Waals surface area contributed by atoms with Gasteiger partial charge in [-0.25, -0.2) is 0 Å². The lowest BCUT2D eigenvalue weighted by molar-refractivity contribution is -0.153. The highest BCUT2D eigenvalue weighted by Crippen LogP contribution is 2.30. The van der Waals surface area contributed by atoms with E-state index in [-0.39, 0.29) is 12.1 Å². The van der Waals surface area contributed by atoms with E-state index in [9.17, 15) is 4.79 Å². The zero-order chi connectivity index (χ0) is 9.97. The van der Waals surface area contributed by atoms with E-state index in [4.69, 9.17) is 4.74 Å². The standard InChI is InChI=1S/C12H14O2/c1-9-7-11(8-12(13)14-9)10-5-3-2-4-6-10/h2-6,9,11H,7-8H2,1H3/t9-,11+/m0/s1. The van der Waals surface area contributed by atoms with Gasteiger partial charge in [0.1, 0.15) is 0 Å². The molecule has 1 saturated heterocycles. The van der Waals surface area contributed by atoms with Gasteiger partial charge >= 0.3 is 5.97 Å². The summed E-state index contributed by atoms with van der Waals surface area (Å²) in [5.41, 5.74) is 1.25. The van der Waals surface area contributed by atoms with Crippen LogP contribution in [0.4, 0.5) is 0 Å². The lowest BCUT2D eigenvalue weighted by Gasteiger charge is -2.26. The molecule has 0 spiro atoms. The number of carbonyl (C=O) groups is 1. The van der Waals surface area contributed by atoms with Gasteiger partial charge in [0.25, 0.3) is 0 Å². The Morgan fingerprint density at radius 3 is 2.64 bits per heavy atom. The van der Waals surface area contributed by atoms with Gasteiger partial charge in [-0.15, -0.1) is 0 Å². The number of esters is 1. The van der Waals surface area contributed by atoms with Crippen LogP contribution in [0, 0.1) is 0 Å². The smallest absolute Gasteiger partial charge is 0.306 e. The zero-order valence-corrected chi connectivity index (χ0v) is 8.27. The fourth-order valence-electron chi connectivity index (χ4n) is 1.98. The van der Waals surface area contributed by atoms with Crippen molar-refractivity contribution in [1.82, 2.24) is 0 Å². The maximum atomic E-state index is 11.2. The van der Waals surface area contributed by atoms with Gasteiger partial charge in [-0.2, -0.15) is 0 Å². The van der Waals surface area contributed by atoms with Gasteiger partial charge in [-0.05, 0) is 24.8 Å². The van der Waals surface area contributed by atoms with Crippen LogP contribution in [-0.4, -0.2) is 12.1 Å². The van der Waals surface area contributed by atoms with Crippen molar-refractivity contribution < 1.29 is 9.53 Å². The molecule has 1 aliphatic rings. The largest absolute Gasteiger partial charge is 0.463 e. The first-order valence-electron chi connectivity index (χ1n) is 5.00. The third-order valence-electron chi connectivity index (χ3n) is 2.63. The van der Waals surface area contributed by atoms with Crippen molar-refractivity contribution >= 4 is 5.97 Å². The molecule has 0 radical (unpaired) electrons. The van der Waals surface area contributed by atoms with Gasteiger partial charge in [0.2, 0.25) is 0 Å². The molecule has 14 heavy (non-hydrogen) atoms. The first-order chi connectivity index (χ1) is 6.75. The van der Waals surface area contributed by atoms with Gasteiger partial charge in [0.05, 0.1) is 12.5 Å². The minimum Gasteiger partial charge on any atom is -0.463 e. The quantitative estimate of drug-likeness (QED) is 0.636. The molecule has 2 rings (SSSR count). The van der Waals surface area contributed by atoms with Crippen LogP contribution in [0.1, 0.15) is 31.2 Å². The Balaban J connectivity index is 2.15. The van der Waals surface area contributed by atoms with Crippen LogP contribution in [0.25, 0.3) is 0 Å². The van der Waals surface area contributed by atoms with E-state index in [2.05, 4.69) is 12.1 Å². The Bertz CT molecular complexity index is 318. The normalized spacial score (nSPS) is 27.1. The Morgan fingerprint density at radius 1 is 1.29 bits per heavy atom. The molecule has 0 saturated carbocycles. The average Bonchev–Trinajstić information content (AvgIpc) is 2.18. The number of benzene rings is 1. The van der Waals surface area contributed by atoms with Crippen molar-refractivity contribution in [3.05, 3.63) is 35.9 Å². The molecular weight excluding hydrogens is 176 g/mol. The number of cyclic esters (lactones) is 1. The van der Waals surface area contributed by atoms with Crippen LogP contribution in [0.15, 0.2) is 30.3 Å². The van der Waals surface area contributed by atoms with Crippen LogP contribution in [0.5, 0.6) is 0 Å². The lowest BCUT2D eigenvalue weighted by Crippen LogP contribution is -2.26. The highest BCUT2D eigenvalue weighted by atomic mass is 16.5. The van der Waals surface area contributed by atoms with Crippen molar-refractivity contribution in [2.45, 2.75) is 31.8 Å². The Morgan fingerprint density at radius 2 is 2.00 bits per heavy atom. The van der Waals surface area contributed by atoms with Crippen molar-refractivity contribution in [3.63, 3.8) is 0 Å². The molecule has 0 bridgehead atoms. The van der Waals surface area contributed by atoms with Gasteiger partial charge in [-0.3, -0.25) is 4.79 Å². The molecule has 0 aromatic heterocycles. The zero-order valence-electron chi connectivity index (χ0n) is 8.27. The predicted molar refractivity (Wildman–Crippen MR) is 54.0 cm³/mol. The predicted octanol–water partition coefficient (Wildman–Crippen LogP) is 2.50. The third-order valence-corrected chi connectivity index (χ3v) is 2.63. The van der Waals surface area contributed by atoms with Crippen LogP contribution < -0.4 is 0 Å².